The molecule has 0 aliphatic carbocycles. The van der Waals surface area contributed by atoms with E-state index in [4.69, 9.17) is 4.42 Å². The predicted molar refractivity (Wildman–Crippen MR) is 127 cm³/mol. The van der Waals surface area contributed by atoms with Crippen LogP contribution in [0.15, 0.2) is 50.4 Å². The zero-order valence-electron chi connectivity index (χ0n) is 17.6. The molecule has 8 nitrogen and oxygen atoms in total. The van der Waals surface area contributed by atoms with Crippen molar-refractivity contribution in [1.82, 2.24) is 24.6 Å². The SMILES string of the molecule is CCc1nnc(Cn2c(=O)n(C3CCNCC3)c(=O)c3sc(-c4ccccc4)cc32)o1.Cl. The first-order valence-electron chi connectivity index (χ1n) is 10.5. The molecule has 1 aliphatic heterocycles. The van der Waals surface area contributed by atoms with Crippen molar-refractivity contribution in [1.29, 1.82) is 0 Å². The number of aromatic nitrogens is 4. The van der Waals surface area contributed by atoms with Gasteiger partial charge >= 0.3 is 5.69 Å². The number of rotatable bonds is 5. The summed E-state index contributed by atoms with van der Waals surface area (Å²) in [6.45, 7) is 3.65. The molecule has 0 bridgehead atoms. The van der Waals surface area contributed by atoms with Gasteiger partial charge in [-0.2, -0.15) is 0 Å². The Kier molecular flexibility index (Phi) is 6.59. The summed E-state index contributed by atoms with van der Waals surface area (Å²) >= 11 is 1.42. The molecule has 168 valence electrons. The largest absolute Gasteiger partial charge is 0.423 e. The van der Waals surface area contributed by atoms with Gasteiger partial charge in [-0.05, 0) is 37.6 Å². The van der Waals surface area contributed by atoms with Crippen molar-refractivity contribution in [3.05, 3.63) is 69.0 Å². The topological polar surface area (TPSA) is 95.0 Å². The molecule has 5 rings (SSSR count). The molecule has 1 saturated heterocycles. The Balaban J connectivity index is 0.00000245. The maximum Gasteiger partial charge on any atom is 0.332 e. The summed E-state index contributed by atoms with van der Waals surface area (Å²) in [5.41, 5.74) is 1.09. The van der Waals surface area contributed by atoms with E-state index < -0.39 is 0 Å². The predicted octanol–water partition coefficient (Wildman–Crippen LogP) is 3.23. The number of hydrogen-bond acceptors (Lipinski definition) is 7. The number of hydrogen-bond donors (Lipinski definition) is 1. The number of thiophene rings is 1. The maximum atomic E-state index is 13.5. The van der Waals surface area contributed by atoms with Crippen LogP contribution in [-0.4, -0.2) is 32.4 Å². The molecule has 0 unspecified atom stereocenters. The average molecular weight is 474 g/mol. The highest BCUT2D eigenvalue weighted by Crippen LogP contribution is 2.32. The second-order valence-corrected chi connectivity index (χ2v) is 8.71. The fourth-order valence-electron chi connectivity index (χ4n) is 4.08. The highest BCUT2D eigenvalue weighted by atomic mass is 35.5. The van der Waals surface area contributed by atoms with E-state index in [0.29, 0.717) is 28.4 Å². The minimum Gasteiger partial charge on any atom is -0.423 e. The lowest BCUT2D eigenvalue weighted by molar-refractivity contribution is 0.344. The van der Waals surface area contributed by atoms with Crippen molar-refractivity contribution < 1.29 is 4.42 Å². The molecule has 0 amide bonds. The van der Waals surface area contributed by atoms with Crippen molar-refractivity contribution in [2.45, 2.75) is 38.8 Å². The van der Waals surface area contributed by atoms with Gasteiger partial charge < -0.3 is 9.73 Å². The zero-order chi connectivity index (χ0) is 21.4. The van der Waals surface area contributed by atoms with Gasteiger partial charge in [-0.3, -0.25) is 13.9 Å². The van der Waals surface area contributed by atoms with Crippen molar-refractivity contribution in [3.8, 4) is 10.4 Å². The van der Waals surface area contributed by atoms with Crippen LogP contribution in [-0.2, 0) is 13.0 Å². The lowest BCUT2D eigenvalue weighted by Gasteiger charge is -2.24. The Morgan fingerprint density at radius 1 is 1.12 bits per heavy atom. The summed E-state index contributed by atoms with van der Waals surface area (Å²) < 4.78 is 9.29. The van der Waals surface area contributed by atoms with Crippen LogP contribution in [0, 0.1) is 0 Å². The molecule has 1 fully saturated rings. The lowest BCUT2D eigenvalue weighted by Crippen LogP contribution is -2.45. The zero-order valence-corrected chi connectivity index (χ0v) is 19.2. The number of benzene rings is 1. The summed E-state index contributed by atoms with van der Waals surface area (Å²) in [6.07, 6.45) is 2.12. The number of aryl methyl sites for hydroxylation is 1. The quantitative estimate of drug-likeness (QED) is 0.478. The average Bonchev–Trinajstić information content (AvgIpc) is 3.45. The highest BCUT2D eigenvalue weighted by molar-refractivity contribution is 7.22. The molecule has 3 aromatic heterocycles. The van der Waals surface area contributed by atoms with Gasteiger partial charge in [0, 0.05) is 17.3 Å². The van der Waals surface area contributed by atoms with Gasteiger partial charge in [-0.15, -0.1) is 33.9 Å². The Labute approximate surface area is 194 Å². The molecule has 4 aromatic rings. The molecule has 32 heavy (non-hydrogen) atoms. The molecule has 1 N–H and O–H groups in total. The summed E-state index contributed by atoms with van der Waals surface area (Å²) in [6, 6.07) is 11.7. The number of piperidine rings is 1. The molecule has 0 saturated carbocycles. The van der Waals surface area contributed by atoms with Gasteiger partial charge in [0.25, 0.3) is 5.56 Å². The Bertz CT molecular complexity index is 1340. The van der Waals surface area contributed by atoms with Crippen LogP contribution in [0.2, 0.25) is 0 Å². The molecular weight excluding hydrogens is 450 g/mol. The number of fused-ring (bicyclic) bond motifs is 1. The minimum atomic E-state index is -0.321. The number of nitrogens with one attached hydrogen (secondary N) is 1. The Hall–Kier alpha value is -2.75. The van der Waals surface area contributed by atoms with Crippen molar-refractivity contribution >= 4 is 34.0 Å². The first kappa shape index (κ1) is 22.4. The second-order valence-electron chi connectivity index (χ2n) is 7.66. The van der Waals surface area contributed by atoms with Crippen LogP contribution in [0.5, 0.6) is 0 Å². The van der Waals surface area contributed by atoms with E-state index in [1.807, 2.05) is 43.3 Å². The summed E-state index contributed by atoms with van der Waals surface area (Å²) in [5, 5.41) is 11.4. The van der Waals surface area contributed by atoms with E-state index in [2.05, 4.69) is 15.5 Å². The summed E-state index contributed by atoms with van der Waals surface area (Å²) in [7, 11) is 0. The molecular formula is C22H24ClN5O3S. The molecule has 0 spiro atoms. The monoisotopic (exact) mass is 473 g/mol. The van der Waals surface area contributed by atoms with E-state index in [1.54, 1.807) is 4.57 Å². The fraction of sp³-hybridized carbons (Fsp3) is 0.364. The van der Waals surface area contributed by atoms with Crippen LogP contribution in [0.4, 0.5) is 0 Å². The molecule has 0 radical (unpaired) electrons. The maximum absolute atomic E-state index is 13.5. The third kappa shape index (κ3) is 4.03. The number of nitrogens with zero attached hydrogens (tertiary/aromatic N) is 4. The summed E-state index contributed by atoms with van der Waals surface area (Å²) in [5.74, 6) is 0.893. The summed E-state index contributed by atoms with van der Waals surface area (Å²) in [4.78, 5) is 27.9. The van der Waals surface area contributed by atoms with Gasteiger partial charge in [-0.25, -0.2) is 4.79 Å². The standard InChI is InChI=1S/C22H23N5O3S.ClH/c1-2-18-24-25-19(30-18)13-26-16-12-17(14-6-4-3-5-7-14)31-20(16)21(28)27(22(26)29)15-8-10-23-11-9-15;/h3-7,12,15,23H,2,8-11,13H2,1H3;1H. The van der Waals surface area contributed by atoms with Gasteiger partial charge in [0.1, 0.15) is 11.2 Å². The molecule has 10 heteroatoms. The first-order valence-corrected chi connectivity index (χ1v) is 11.3. The minimum absolute atomic E-state index is 0. The smallest absolute Gasteiger partial charge is 0.332 e. The lowest BCUT2D eigenvalue weighted by atomic mass is 10.1. The molecule has 1 aromatic carbocycles. The Morgan fingerprint density at radius 3 is 2.53 bits per heavy atom. The van der Waals surface area contributed by atoms with E-state index in [1.165, 1.54) is 15.9 Å². The van der Waals surface area contributed by atoms with Crippen LogP contribution in [0.25, 0.3) is 20.7 Å². The second kappa shape index (κ2) is 9.40. The van der Waals surface area contributed by atoms with Crippen LogP contribution in [0.3, 0.4) is 0 Å². The normalized spacial score (nSPS) is 14.5. The van der Waals surface area contributed by atoms with E-state index in [-0.39, 0.29) is 36.2 Å². The van der Waals surface area contributed by atoms with Crippen molar-refractivity contribution in [3.63, 3.8) is 0 Å². The third-order valence-corrected chi connectivity index (χ3v) is 6.85. The highest BCUT2D eigenvalue weighted by Gasteiger charge is 2.24. The van der Waals surface area contributed by atoms with E-state index in [0.717, 1.165) is 36.4 Å². The number of halogens is 1. The van der Waals surface area contributed by atoms with Crippen molar-refractivity contribution in [2.24, 2.45) is 0 Å². The van der Waals surface area contributed by atoms with Gasteiger partial charge in [-0.1, -0.05) is 37.3 Å². The third-order valence-electron chi connectivity index (χ3n) is 5.69. The molecule has 4 heterocycles. The van der Waals surface area contributed by atoms with Gasteiger partial charge in [0.2, 0.25) is 11.8 Å². The first-order chi connectivity index (χ1) is 15.2. The molecule has 0 atom stereocenters. The van der Waals surface area contributed by atoms with Crippen LogP contribution in [0.1, 0.15) is 37.6 Å². The van der Waals surface area contributed by atoms with Crippen LogP contribution >= 0.6 is 23.7 Å². The van der Waals surface area contributed by atoms with Crippen LogP contribution < -0.4 is 16.6 Å². The van der Waals surface area contributed by atoms with Gasteiger partial charge in [0.15, 0.2) is 0 Å². The molecule has 1 aliphatic rings. The van der Waals surface area contributed by atoms with Gasteiger partial charge in [0.05, 0.1) is 5.52 Å². The van der Waals surface area contributed by atoms with E-state index in [9.17, 15) is 9.59 Å². The fourth-order valence-corrected chi connectivity index (χ4v) is 5.18. The Morgan fingerprint density at radius 2 is 1.84 bits per heavy atom. The van der Waals surface area contributed by atoms with Crippen molar-refractivity contribution in [2.75, 3.05) is 13.1 Å². The van der Waals surface area contributed by atoms with E-state index >= 15 is 0 Å².